The van der Waals surface area contributed by atoms with Crippen molar-refractivity contribution >= 4 is 24.1 Å². The van der Waals surface area contributed by atoms with Gasteiger partial charge >= 0.3 is 0 Å². The van der Waals surface area contributed by atoms with Crippen molar-refractivity contribution in [3.63, 3.8) is 0 Å². The summed E-state index contributed by atoms with van der Waals surface area (Å²) in [4.78, 5) is 15.8. The molecule has 0 bridgehead atoms. The Labute approximate surface area is 102 Å². The Hall–Kier alpha value is -1.13. The van der Waals surface area contributed by atoms with Crippen LogP contribution in [0.1, 0.15) is 19.5 Å². The molecule has 16 heavy (non-hydrogen) atoms. The van der Waals surface area contributed by atoms with Gasteiger partial charge in [-0.1, -0.05) is 19.9 Å². The number of nitrogens with two attached hydrogens (primary N) is 1. The van der Waals surface area contributed by atoms with Crippen molar-refractivity contribution in [1.29, 1.82) is 0 Å². The molecule has 0 aliphatic carbocycles. The first-order valence-electron chi connectivity index (χ1n) is 5.01. The average Bonchev–Trinajstić information content (AvgIpc) is 2.16. The first-order valence-corrected chi connectivity index (χ1v) is 5.01. The highest BCUT2D eigenvalue weighted by molar-refractivity contribution is 5.94. The normalized spacial score (nSPS) is 11.8. The summed E-state index contributed by atoms with van der Waals surface area (Å²) in [5.74, 6) is 0.481. The van der Waals surface area contributed by atoms with E-state index in [-0.39, 0.29) is 24.2 Å². The smallest absolute Gasteiger partial charge is 0.242 e. The number of nitrogens with one attached hydrogen (secondary N) is 1. The van der Waals surface area contributed by atoms with E-state index in [1.54, 1.807) is 6.07 Å². The van der Waals surface area contributed by atoms with Gasteiger partial charge in [0.1, 0.15) is 5.82 Å². The number of pyridine rings is 1. The van der Waals surface area contributed by atoms with Crippen LogP contribution in [0.4, 0.5) is 5.82 Å². The molecule has 1 rings (SSSR count). The van der Waals surface area contributed by atoms with Crippen LogP contribution < -0.4 is 11.1 Å². The zero-order valence-corrected chi connectivity index (χ0v) is 10.5. The summed E-state index contributed by atoms with van der Waals surface area (Å²) in [5.41, 5.74) is 6.57. The summed E-state index contributed by atoms with van der Waals surface area (Å²) in [7, 11) is 0. The van der Waals surface area contributed by atoms with Crippen molar-refractivity contribution in [1.82, 2.24) is 4.98 Å². The van der Waals surface area contributed by atoms with Crippen LogP contribution in [0.15, 0.2) is 18.2 Å². The number of carbonyl (C=O) groups excluding carboxylic acids is 1. The lowest BCUT2D eigenvalue weighted by molar-refractivity contribution is -0.118. The standard InChI is InChI=1S/C11H17N3O.ClH/c1-7(2)10(12)11(15)14-9-6-4-5-8(3)13-9;/h4-7,10H,12H2,1-3H3,(H,13,14,15);1H/t10-;/m0./s1. The van der Waals surface area contributed by atoms with E-state index >= 15 is 0 Å². The number of hydrogen-bond donors (Lipinski definition) is 2. The zero-order chi connectivity index (χ0) is 11.4. The highest BCUT2D eigenvalue weighted by atomic mass is 35.5. The minimum atomic E-state index is -0.493. The molecule has 0 spiro atoms. The third-order valence-electron chi connectivity index (χ3n) is 2.16. The van der Waals surface area contributed by atoms with Gasteiger partial charge in [0, 0.05) is 5.69 Å². The van der Waals surface area contributed by atoms with E-state index in [2.05, 4.69) is 10.3 Å². The number of hydrogen-bond acceptors (Lipinski definition) is 3. The Morgan fingerprint density at radius 3 is 2.56 bits per heavy atom. The number of rotatable bonds is 3. The van der Waals surface area contributed by atoms with E-state index in [4.69, 9.17) is 5.73 Å². The van der Waals surface area contributed by atoms with Gasteiger partial charge in [-0.3, -0.25) is 4.79 Å². The Balaban J connectivity index is 0.00000225. The van der Waals surface area contributed by atoms with E-state index in [9.17, 15) is 4.79 Å². The number of amides is 1. The molecule has 1 aromatic heterocycles. The van der Waals surface area contributed by atoms with Gasteiger partial charge in [0.25, 0.3) is 0 Å². The average molecular weight is 244 g/mol. The van der Waals surface area contributed by atoms with Crippen molar-refractivity contribution in [2.24, 2.45) is 11.7 Å². The minimum absolute atomic E-state index is 0. The summed E-state index contributed by atoms with van der Waals surface area (Å²) < 4.78 is 0. The number of anilines is 1. The second kappa shape index (κ2) is 6.45. The second-order valence-corrected chi connectivity index (χ2v) is 3.92. The van der Waals surface area contributed by atoms with E-state index < -0.39 is 6.04 Å². The molecule has 0 unspecified atom stereocenters. The second-order valence-electron chi connectivity index (χ2n) is 3.92. The molecule has 90 valence electrons. The van der Waals surface area contributed by atoms with Crippen LogP contribution in [0, 0.1) is 12.8 Å². The van der Waals surface area contributed by atoms with Gasteiger partial charge in [-0.15, -0.1) is 12.4 Å². The number of aromatic nitrogens is 1. The molecule has 0 radical (unpaired) electrons. The first kappa shape index (κ1) is 14.9. The van der Waals surface area contributed by atoms with Crippen molar-refractivity contribution in [3.8, 4) is 0 Å². The summed E-state index contributed by atoms with van der Waals surface area (Å²) in [6.07, 6.45) is 0. The number of carbonyl (C=O) groups is 1. The Kier molecular flexibility index (Phi) is 6.00. The molecule has 0 saturated carbocycles. The highest BCUT2D eigenvalue weighted by Gasteiger charge is 2.17. The molecule has 1 aromatic rings. The molecule has 0 fully saturated rings. The highest BCUT2D eigenvalue weighted by Crippen LogP contribution is 2.06. The van der Waals surface area contributed by atoms with Crippen molar-refractivity contribution < 1.29 is 4.79 Å². The van der Waals surface area contributed by atoms with E-state index in [1.807, 2.05) is 32.9 Å². The third kappa shape index (κ3) is 4.16. The minimum Gasteiger partial charge on any atom is -0.320 e. The maximum atomic E-state index is 11.6. The molecule has 5 heteroatoms. The molecule has 3 N–H and O–H groups in total. The molecule has 0 aromatic carbocycles. The molecule has 1 amide bonds. The fourth-order valence-corrected chi connectivity index (χ4v) is 1.12. The molecular formula is C11H18ClN3O. The number of nitrogens with zero attached hydrogens (tertiary/aromatic N) is 1. The van der Waals surface area contributed by atoms with E-state index in [0.29, 0.717) is 5.82 Å². The molecule has 4 nitrogen and oxygen atoms in total. The van der Waals surface area contributed by atoms with Gasteiger partial charge in [-0.25, -0.2) is 4.98 Å². The van der Waals surface area contributed by atoms with Gasteiger partial charge < -0.3 is 11.1 Å². The monoisotopic (exact) mass is 243 g/mol. The predicted octanol–water partition coefficient (Wildman–Crippen LogP) is 1.73. The Morgan fingerprint density at radius 1 is 1.44 bits per heavy atom. The van der Waals surface area contributed by atoms with Gasteiger partial charge in [0.2, 0.25) is 5.91 Å². The van der Waals surface area contributed by atoms with Gasteiger partial charge in [0.05, 0.1) is 6.04 Å². The molecule has 1 atom stereocenters. The van der Waals surface area contributed by atoms with Crippen LogP contribution in [0.3, 0.4) is 0 Å². The van der Waals surface area contributed by atoms with Crippen molar-refractivity contribution in [3.05, 3.63) is 23.9 Å². The van der Waals surface area contributed by atoms with Crippen LogP contribution in [0.5, 0.6) is 0 Å². The number of halogens is 1. The topological polar surface area (TPSA) is 68.0 Å². The zero-order valence-electron chi connectivity index (χ0n) is 9.73. The van der Waals surface area contributed by atoms with E-state index in [1.165, 1.54) is 0 Å². The molecule has 0 aliphatic heterocycles. The van der Waals surface area contributed by atoms with Crippen LogP contribution in [-0.2, 0) is 4.79 Å². The van der Waals surface area contributed by atoms with Crippen LogP contribution >= 0.6 is 12.4 Å². The molecule has 0 saturated heterocycles. The molecule has 1 heterocycles. The summed E-state index contributed by atoms with van der Waals surface area (Å²) in [6, 6.07) is 4.97. The van der Waals surface area contributed by atoms with Crippen LogP contribution in [0.2, 0.25) is 0 Å². The lowest BCUT2D eigenvalue weighted by Gasteiger charge is -2.14. The SMILES string of the molecule is Cc1cccc(NC(=O)[C@@H](N)C(C)C)n1.Cl. The quantitative estimate of drug-likeness (QED) is 0.850. The first-order chi connectivity index (χ1) is 7.00. The maximum absolute atomic E-state index is 11.6. The van der Waals surface area contributed by atoms with Crippen molar-refractivity contribution in [2.45, 2.75) is 26.8 Å². The fraction of sp³-hybridized carbons (Fsp3) is 0.455. The van der Waals surface area contributed by atoms with Crippen LogP contribution in [0.25, 0.3) is 0 Å². The maximum Gasteiger partial charge on any atom is 0.242 e. The van der Waals surface area contributed by atoms with Crippen molar-refractivity contribution in [2.75, 3.05) is 5.32 Å². The lowest BCUT2D eigenvalue weighted by atomic mass is 10.1. The van der Waals surface area contributed by atoms with Crippen LogP contribution in [-0.4, -0.2) is 16.9 Å². The van der Waals surface area contributed by atoms with Gasteiger partial charge in [-0.05, 0) is 25.0 Å². The largest absolute Gasteiger partial charge is 0.320 e. The van der Waals surface area contributed by atoms with Gasteiger partial charge in [0.15, 0.2) is 0 Å². The summed E-state index contributed by atoms with van der Waals surface area (Å²) in [5, 5.41) is 2.69. The molecular weight excluding hydrogens is 226 g/mol. The molecule has 0 aliphatic rings. The third-order valence-corrected chi connectivity index (χ3v) is 2.16. The van der Waals surface area contributed by atoms with E-state index in [0.717, 1.165) is 5.69 Å². The lowest BCUT2D eigenvalue weighted by Crippen LogP contribution is -2.39. The summed E-state index contributed by atoms with van der Waals surface area (Å²) in [6.45, 7) is 5.69. The Bertz CT molecular complexity index is 355. The Morgan fingerprint density at radius 2 is 2.06 bits per heavy atom. The fourth-order valence-electron chi connectivity index (χ4n) is 1.12. The predicted molar refractivity (Wildman–Crippen MR) is 67.7 cm³/mol. The van der Waals surface area contributed by atoms with Gasteiger partial charge in [-0.2, -0.15) is 0 Å². The summed E-state index contributed by atoms with van der Waals surface area (Å²) >= 11 is 0. The number of aryl methyl sites for hydroxylation is 1.